The van der Waals surface area contributed by atoms with Gasteiger partial charge in [-0.25, -0.2) is 8.42 Å². The minimum atomic E-state index is -3.39. The van der Waals surface area contributed by atoms with E-state index < -0.39 is 10.0 Å². The highest BCUT2D eigenvalue weighted by Crippen LogP contribution is 2.20. The molecule has 0 atom stereocenters. The Morgan fingerprint density at radius 1 is 1.21 bits per heavy atom. The number of piperidine rings is 1. The van der Waals surface area contributed by atoms with Crippen LogP contribution in [0.2, 0.25) is 0 Å². The number of benzene rings is 1. The van der Waals surface area contributed by atoms with Crippen molar-refractivity contribution < 1.29 is 8.42 Å². The van der Waals surface area contributed by atoms with Crippen molar-refractivity contribution in [1.29, 1.82) is 0 Å². The fraction of sp³-hybridized carbons (Fsp3) is 0.500. The Morgan fingerprint density at radius 3 is 2.42 bits per heavy atom. The van der Waals surface area contributed by atoms with Crippen molar-refractivity contribution in [3.8, 4) is 0 Å². The van der Waals surface area contributed by atoms with Crippen molar-refractivity contribution in [3.05, 3.63) is 29.8 Å². The molecule has 1 aliphatic heterocycles. The first-order valence-electron chi connectivity index (χ1n) is 8.14. The minimum Gasteiger partial charge on any atom is -0.362 e. The molecule has 0 aliphatic carbocycles. The Balaban J connectivity index is 2.09. The van der Waals surface area contributed by atoms with E-state index in [2.05, 4.69) is 15.8 Å². The zero-order valence-electron chi connectivity index (χ0n) is 14.1. The summed E-state index contributed by atoms with van der Waals surface area (Å²) in [6, 6.07) is 6.82. The lowest BCUT2D eigenvalue weighted by Gasteiger charge is -2.25. The van der Waals surface area contributed by atoms with E-state index in [4.69, 9.17) is 12.2 Å². The van der Waals surface area contributed by atoms with Gasteiger partial charge in [-0.1, -0.05) is 18.6 Å². The number of thiocarbonyl (C=S) groups is 1. The third kappa shape index (κ3) is 4.75. The summed E-state index contributed by atoms with van der Waals surface area (Å²) in [7, 11) is -3.39. The first-order chi connectivity index (χ1) is 11.4. The van der Waals surface area contributed by atoms with Gasteiger partial charge in [0, 0.05) is 19.6 Å². The van der Waals surface area contributed by atoms with Gasteiger partial charge in [0.1, 0.15) is 0 Å². The molecule has 1 heterocycles. The van der Waals surface area contributed by atoms with Gasteiger partial charge in [-0.15, -0.1) is 0 Å². The van der Waals surface area contributed by atoms with E-state index in [9.17, 15) is 8.42 Å². The van der Waals surface area contributed by atoms with Crippen LogP contribution in [-0.2, 0) is 10.0 Å². The quantitative estimate of drug-likeness (QED) is 0.473. The monoisotopic (exact) mass is 368 g/mol. The van der Waals surface area contributed by atoms with Crippen molar-refractivity contribution in [2.45, 2.75) is 38.0 Å². The van der Waals surface area contributed by atoms with E-state index >= 15 is 0 Å². The zero-order valence-corrected chi connectivity index (χ0v) is 15.7. The molecule has 0 amide bonds. The molecule has 8 heteroatoms. The molecule has 0 aromatic heterocycles. The summed E-state index contributed by atoms with van der Waals surface area (Å²) in [5.74, 6) is 0. The second-order valence-electron chi connectivity index (χ2n) is 5.66. The van der Waals surface area contributed by atoms with Crippen LogP contribution in [0.4, 0.5) is 0 Å². The average Bonchev–Trinajstić information content (AvgIpc) is 2.61. The molecule has 6 nitrogen and oxygen atoms in total. The van der Waals surface area contributed by atoms with Gasteiger partial charge >= 0.3 is 0 Å². The lowest BCUT2D eigenvalue weighted by atomic mass is 10.1. The summed E-state index contributed by atoms with van der Waals surface area (Å²) >= 11 is 5.05. The van der Waals surface area contributed by atoms with Crippen LogP contribution in [0.3, 0.4) is 0 Å². The predicted octanol–water partition coefficient (Wildman–Crippen LogP) is 2.07. The molecule has 1 aliphatic rings. The smallest absolute Gasteiger partial charge is 0.243 e. The van der Waals surface area contributed by atoms with E-state index in [1.54, 1.807) is 28.6 Å². The maximum atomic E-state index is 12.6. The number of nitrogens with one attached hydrogen (secondary N) is 2. The topological polar surface area (TPSA) is 73.8 Å². The van der Waals surface area contributed by atoms with E-state index in [1.807, 2.05) is 13.8 Å². The summed E-state index contributed by atoms with van der Waals surface area (Å²) in [6.07, 6.45) is 2.96. The zero-order chi connectivity index (χ0) is 17.6. The fourth-order valence-electron chi connectivity index (χ4n) is 2.52. The molecule has 0 spiro atoms. The van der Waals surface area contributed by atoms with Crippen LogP contribution in [-0.4, -0.2) is 43.2 Å². The number of rotatable bonds is 5. The second kappa shape index (κ2) is 8.55. The summed E-state index contributed by atoms with van der Waals surface area (Å²) in [4.78, 5) is 0.331. The molecule has 0 bridgehead atoms. The first-order valence-corrected chi connectivity index (χ1v) is 9.98. The number of nitrogens with zero attached hydrogens (tertiary/aromatic N) is 2. The minimum absolute atomic E-state index is 0.331. The molecule has 0 saturated carbocycles. The van der Waals surface area contributed by atoms with Gasteiger partial charge in [0.15, 0.2) is 5.11 Å². The Morgan fingerprint density at radius 2 is 1.83 bits per heavy atom. The van der Waals surface area contributed by atoms with Gasteiger partial charge in [0.2, 0.25) is 10.0 Å². The SMILES string of the molecule is CCNC(=S)N/N=C(/C)c1ccc(S(=O)(=O)N2CCCCC2)cc1. The molecule has 1 aromatic rings. The van der Waals surface area contributed by atoms with Gasteiger partial charge in [0.05, 0.1) is 10.6 Å². The van der Waals surface area contributed by atoms with Crippen LogP contribution in [0, 0.1) is 0 Å². The lowest BCUT2D eigenvalue weighted by Crippen LogP contribution is -2.35. The van der Waals surface area contributed by atoms with Crippen molar-refractivity contribution in [1.82, 2.24) is 15.0 Å². The maximum Gasteiger partial charge on any atom is 0.243 e. The fourth-order valence-corrected chi connectivity index (χ4v) is 4.23. The van der Waals surface area contributed by atoms with E-state index in [-0.39, 0.29) is 0 Å². The Bertz CT molecular complexity index is 693. The molecule has 0 unspecified atom stereocenters. The Hall–Kier alpha value is -1.51. The normalized spacial score (nSPS) is 16.7. The number of hydrogen-bond acceptors (Lipinski definition) is 4. The molecule has 0 radical (unpaired) electrons. The van der Waals surface area contributed by atoms with Gasteiger partial charge in [-0.2, -0.15) is 9.41 Å². The number of hydrazone groups is 1. The number of sulfonamides is 1. The molecule has 24 heavy (non-hydrogen) atoms. The molecular formula is C16H24N4O2S2. The van der Waals surface area contributed by atoms with Gasteiger partial charge < -0.3 is 5.32 Å². The summed E-state index contributed by atoms with van der Waals surface area (Å²) < 4.78 is 26.8. The highest BCUT2D eigenvalue weighted by Gasteiger charge is 2.25. The highest BCUT2D eigenvalue weighted by molar-refractivity contribution is 7.89. The summed E-state index contributed by atoms with van der Waals surface area (Å²) in [6.45, 7) is 5.73. The summed E-state index contributed by atoms with van der Waals surface area (Å²) in [5, 5.41) is 7.60. The molecule has 1 fully saturated rings. The number of hydrogen-bond donors (Lipinski definition) is 2. The molecule has 132 valence electrons. The van der Waals surface area contributed by atoms with Crippen LogP contribution in [0.15, 0.2) is 34.3 Å². The van der Waals surface area contributed by atoms with Crippen LogP contribution in [0.25, 0.3) is 0 Å². The highest BCUT2D eigenvalue weighted by atomic mass is 32.2. The van der Waals surface area contributed by atoms with Gasteiger partial charge in [0.25, 0.3) is 0 Å². The molecule has 1 saturated heterocycles. The average molecular weight is 369 g/mol. The molecule has 2 rings (SSSR count). The molecule has 1 aromatic carbocycles. The van der Waals surface area contributed by atoms with Crippen molar-refractivity contribution in [2.75, 3.05) is 19.6 Å². The third-order valence-corrected chi connectivity index (χ3v) is 6.04. The first kappa shape index (κ1) is 18.8. The van der Waals surface area contributed by atoms with Crippen LogP contribution in [0.5, 0.6) is 0 Å². The largest absolute Gasteiger partial charge is 0.362 e. The van der Waals surface area contributed by atoms with Crippen molar-refractivity contribution in [2.24, 2.45) is 5.10 Å². The van der Waals surface area contributed by atoms with Crippen LogP contribution >= 0.6 is 12.2 Å². The van der Waals surface area contributed by atoms with E-state index in [0.29, 0.717) is 23.1 Å². The Labute approximate surface area is 149 Å². The lowest BCUT2D eigenvalue weighted by molar-refractivity contribution is 0.346. The maximum absolute atomic E-state index is 12.6. The van der Waals surface area contributed by atoms with Crippen molar-refractivity contribution >= 4 is 33.1 Å². The van der Waals surface area contributed by atoms with E-state index in [0.717, 1.165) is 37.1 Å². The van der Waals surface area contributed by atoms with Crippen molar-refractivity contribution in [3.63, 3.8) is 0 Å². The predicted molar refractivity (Wildman–Crippen MR) is 101 cm³/mol. The molecular weight excluding hydrogens is 344 g/mol. The Kier molecular flexibility index (Phi) is 6.70. The van der Waals surface area contributed by atoms with Gasteiger partial charge in [-0.05, 0) is 56.6 Å². The summed E-state index contributed by atoms with van der Waals surface area (Å²) in [5.41, 5.74) is 4.34. The molecule has 2 N–H and O–H groups in total. The third-order valence-electron chi connectivity index (χ3n) is 3.89. The second-order valence-corrected chi connectivity index (χ2v) is 8.00. The van der Waals surface area contributed by atoms with Crippen LogP contribution < -0.4 is 10.7 Å². The van der Waals surface area contributed by atoms with Gasteiger partial charge in [-0.3, -0.25) is 5.43 Å². The standard InChI is InChI=1S/C16H24N4O2S2/c1-3-17-16(23)19-18-13(2)14-7-9-15(10-8-14)24(21,22)20-11-5-4-6-12-20/h7-10H,3-6,11-12H2,1-2H3,(H2,17,19,23)/b18-13-. The van der Waals surface area contributed by atoms with Crippen LogP contribution in [0.1, 0.15) is 38.7 Å². The van der Waals surface area contributed by atoms with E-state index in [1.165, 1.54) is 0 Å².